The topological polar surface area (TPSA) is 17.1 Å². The van der Waals surface area contributed by atoms with Crippen molar-refractivity contribution in [3.63, 3.8) is 0 Å². The maximum Gasteiger partial charge on any atom is 0.413 e. The van der Waals surface area contributed by atoms with E-state index in [1.165, 1.54) is 6.08 Å². The fourth-order valence-electron chi connectivity index (χ4n) is 1.98. The number of hydrogen-bond donors (Lipinski definition) is 0. The predicted octanol–water partition coefficient (Wildman–Crippen LogP) is 6.26. The van der Waals surface area contributed by atoms with E-state index in [-0.39, 0.29) is 11.5 Å². The molecular formula is C17H24F6O. The third-order valence-electron chi connectivity index (χ3n) is 3.46. The molecule has 0 fully saturated rings. The van der Waals surface area contributed by atoms with Crippen LogP contribution in [0, 0.1) is 16.2 Å². The monoisotopic (exact) mass is 358 g/mol. The Morgan fingerprint density at radius 3 is 1.50 bits per heavy atom. The average Bonchev–Trinajstić information content (AvgIpc) is 2.26. The maximum atomic E-state index is 12.9. The predicted molar refractivity (Wildman–Crippen MR) is 81.4 cm³/mol. The van der Waals surface area contributed by atoms with Crippen LogP contribution in [-0.2, 0) is 4.79 Å². The Morgan fingerprint density at radius 1 is 0.833 bits per heavy atom. The first-order chi connectivity index (χ1) is 10.4. The van der Waals surface area contributed by atoms with Crippen molar-refractivity contribution < 1.29 is 31.1 Å². The van der Waals surface area contributed by atoms with Crippen LogP contribution in [0.15, 0.2) is 23.8 Å². The van der Waals surface area contributed by atoms with Gasteiger partial charge in [0.15, 0.2) is 0 Å². The molecule has 0 aromatic carbocycles. The van der Waals surface area contributed by atoms with Crippen LogP contribution in [-0.4, -0.2) is 18.6 Å². The second-order valence-corrected chi connectivity index (χ2v) is 8.02. The second kappa shape index (κ2) is 6.92. The van der Waals surface area contributed by atoms with Crippen LogP contribution in [0.5, 0.6) is 0 Å². The molecule has 0 radical (unpaired) electrons. The summed E-state index contributed by atoms with van der Waals surface area (Å²) in [4.78, 5) is 10.7. The van der Waals surface area contributed by atoms with Crippen LogP contribution in [0.3, 0.4) is 0 Å². The highest BCUT2D eigenvalue weighted by Crippen LogP contribution is 2.50. The van der Waals surface area contributed by atoms with Gasteiger partial charge in [0.1, 0.15) is 6.29 Å². The number of alkyl halides is 6. The molecule has 0 saturated carbocycles. The van der Waals surface area contributed by atoms with Crippen molar-refractivity contribution >= 4 is 6.29 Å². The summed E-state index contributed by atoms with van der Waals surface area (Å²) in [7, 11) is 0. The Labute approximate surface area is 138 Å². The maximum absolute atomic E-state index is 12.9. The van der Waals surface area contributed by atoms with Crippen molar-refractivity contribution in [1.29, 1.82) is 0 Å². The van der Waals surface area contributed by atoms with Crippen LogP contribution in [0.25, 0.3) is 0 Å². The molecule has 0 aliphatic heterocycles. The largest absolute Gasteiger partial charge is 0.413 e. The molecule has 1 nitrogen and oxygen atoms in total. The highest BCUT2D eigenvalue weighted by Gasteiger charge is 2.69. The van der Waals surface area contributed by atoms with Crippen LogP contribution in [0.2, 0.25) is 0 Å². The van der Waals surface area contributed by atoms with Gasteiger partial charge >= 0.3 is 12.4 Å². The minimum Gasteiger partial charge on any atom is -0.302 e. The van der Waals surface area contributed by atoms with E-state index in [1.807, 2.05) is 41.5 Å². The zero-order valence-electron chi connectivity index (χ0n) is 14.7. The summed E-state index contributed by atoms with van der Waals surface area (Å²) in [5, 5.41) is 0. The van der Waals surface area contributed by atoms with Gasteiger partial charge in [0.05, 0.1) is 0 Å². The van der Waals surface area contributed by atoms with E-state index in [9.17, 15) is 31.1 Å². The van der Waals surface area contributed by atoms with Crippen LogP contribution in [0.1, 0.15) is 48.0 Å². The Hall–Kier alpha value is -1.27. The molecule has 0 aromatic rings. The van der Waals surface area contributed by atoms with Crippen molar-refractivity contribution in [3.05, 3.63) is 23.8 Å². The standard InChI is InChI=1S/C17H24F6O/c1-13(2,3)10-12(14(4,5)6)8-7-9-15(11-24,16(18,19)20)17(21,22)23/h7-9,11H,10H2,1-6H3. The van der Waals surface area contributed by atoms with E-state index in [0.717, 1.165) is 0 Å². The van der Waals surface area contributed by atoms with Gasteiger partial charge in [-0.15, -0.1) is 0 Å². The molecule has 0 aliphatic carbocycles. The van der Waals surface area contributed by atoms with Crippen molar-refractivity contribution in [3.8, 4) is 0 Å². The lowest BCUT2D eigenvalue weighted by Gasteiger charge is -2.30. The molecule has 0 amide bonds. The van der Waals surface area contributed by atoms with Gasteiger partial charge in [-0.3, -0.25) is 0 Å². The van der Waals surface area contributed by atoms with Crippen LogP contribution >= 0.6 is 0 Å². The van der Waals surface area contributed by atoms with Gasteiger partial charge < -0.3 is 4.79 Å². The van der Waals surface area contributed by atoms with Crippen molar-refractivity contribution in [2.45, 2.75) is 60.3 Å². The van der Waals surface area contributed by atoms with Gasteiger partial charge in [-0.1, -0.05) is 65.3 Å². The number of rotatable bonds is 4. The molecule has 0 bridgehead atoms. The minimum atomic E-state index is -5.76. The van der Waals surface area contributed by atoms with Gasteiger partial charge in [0.25, 0.3) is 0 Å². The summed E-state index contributed by atoms with van der Waals surface area (Å²) in [6.07, 6.45) is -10.3. The highest BCUT2D eigenvalue weighted by atomic mass is 19.4. The van der Waals surface area contributed by atoms with Crippen molar-refractivity contribution in [2.75, 3.05) is 0 Å². The zero-order valence-corrected chi connectivity index (χ0v) is 14.7. The Kier molecular flexibility index (Phi) is 6.56. The average molecular weight is 358 g/mol. The third kappa shape index (κ3) is 5.67. The quantitative estimate of drug-likeness (QED) is 0.329. The molecule has 0 atom stereocenters. The van der Waals surface area contributed by atoms with Crippen LogP contribution in [0.4, 0.5) is 26.3 Å². The fourth-order valence-corrected chi connectivity index (χ4v) is 1.98. The lowest BCUT2D eigenvalue weighted by atomic mass is 9.76. The molecule has 0 rings (SSSR count). The van der Waals surface area contributed by atoms with E-state index in [4.69, 9.17) is 0 Å². The molecule has 0 N–H and O–H groups in total. The molecule has 24 heavy (non-hydrogen) atoms. The highest BCUT2D eigenvalue weighted by molar-refractivity contribution is 5.66. The minimum absolute atomic E-state index is 0.117. The number of carbonyl (C=O) groups excluding carboxylic acids is 1. The smallest absolute Gasteiger partial charge is 0.302 e. The Balaban J connectivity index is 5.99. The van der Waals surface area contributed by atoms with E-state index in [1.54, 1.807) is 0 Å². The molecule has 0 unspecified atom stereocenters. The molecular weight excluding hydrogens is 334 g/mol. The van der Waals surface area contributed by atoms with Gasteiger partial charge in [0, 0.05) is 0 Å². The zero-order chi connectivity index (χ0) is 19.6. The number of carbonyl (C=O) groups is 1. The molecule has 0 aliphatic rings. The summed E-state index contributed by atoms with van der Waals surface area (Å²) < 4.78 is 77.3. The molecule has 0 spiro atoms. The van der Waals surface area contributed by atoms with E-state index >= 15 is 0 Å². The van der Waals surface area contributed by atoms with Gasteiger partial charge in [0.2, 0.25) is 5.41 Å². The summed E-state index contributed by atoms with van der Waals surface area (Å²) >= 11 is 0. The van der Waals surface area contributed by atoms with Gasteiger partial charge in [-0.25, -0.2) is 0 Å². The molecule has 0 saturated heterocycles. The number of allylic oxidation sites excluding steroid dienone is 4. The summed E-state index contributed by atoms with van der Waals surface area (Å²) in [6, 6.07) is 0. The van der Waals surface area contributed by atoms with Crippen molar-refractivity contribution in [2.24, 2.45) is 16.2 Å². The van der Waals surface area contributed by atoms with Gasteiger partial charge in [-0.05, 0) is 17.3 Å². The van der Waals surface area contributed by atoms with E-state index in [2.05, 4.69) is 0 Å². The van der Waals surface area contributed by atoms with Gasteiger partial charge in [-0.2, -0.15) is 26.3 Å². The number of aldehydes is 1. The first-order valence-corrected chi connectivity index (χ1v) is 7.36. The van der Waals surface area contributed by atoms with Crippen molar-refractivity contribution in [1.82, 2.24) is 0 Å². The lowest BCUT2D eigenvalue weighted by Crippen LogP contribution is -2.49. The number of hydrogen-bond acceptors (Lipinski definition) is 1. The Bertz CT molecular complexity index is 481. The first kappa shape index (κ1) is 22.7. The first-order valence-electron chi connectivity index (χ1n) is 7.36. The van der Waals surface area contributed by atoms with E-state index in [0.29, 0.717) is 18.1 Å². The summed E-state index contributed by atoms with van der Waals surface area (Å²) in [5.41, 5.74) is -4.43. The van der Waals surface area contributed by atoms with E-state index < -0.39 is 29.5 Å². The normalized spacial score (nSPS) is 15.9. The summed E-state index contributed by atoms with van der Waals surface area (Å²) in [6.45, 7) is 11.2. The fraction of sp³-hybridized carbons (Fsp3) is 0.706. The molecule has 140 valence electrons. The summed E-state index contributed by atoms with van der Waals surface area (Å²) in [5.74, 6) is 0. The third-order valence-corrected chi connectivity index (χ3v) is 3.46. The molecule has 0 aromatic heterocycles. The Morgan fingerprint density at radius 2 is 1.25 bits per heavy atom. The number of halogens is 6. The molecule has 7 heteroatoms. The SMILES string of the molecule is CC(C)(C)CC(=CC=CC(C=O)(C(F)(F)F)C(F)(F)F)C(C)(C)C. The second-order valence-electron chi connectivity index (χ2n) is 8.02. The lowest BCUT2D eigenvalue weighted by molar-refractivity contribution is -0.302. The molecule has 0 heterocycles. The van der Waals surface area contributed by atoms with Crippen LogP contribution < -0.4 is 0 Å².